The third-order valence-electron chi connectivity index (χ3n) is 4.15. The first-order valence-electron chi connectivity index (χ1n) is 6.75. The van der Waals surface area contributed by atoms with Crippen molar-refractivity contribution in [2.24, 2.45) is 0 Å². The van der Waals surface area contributed by atoms with Crippen molar-refractivity contribution < 1.29 is 41.0 Å². The van der Waals surface area contributed by atoms with Crippen molar-refractivity contribution >= 4 is 14.2 Å². The summed E-state index contributed by atoms with van der Waals surface area (Å²) in [5.41, 5.74) is -1.09. The van der Waals surface area contributed by atoms with Crippen LogP contribution in [0.5, 0.6) is 0 Å². The van der Waals surface area contributed by atoms with Crippen molar-refractivity contribution in [3.05, 3.63) is 11.3 Å². The second-order valence-electron chi connectivity index (χ2n) is 6.77. The normalized spacial score (nSPS) is 24.2. The van der Waals surface area contributed by atoms with Crippen molar-refractivity contribution in [3.8, 4) is 0 Å². The van der Waals surface area contributed by atoms with Crippen LogP contribution in [0.1, 0.15) is 20.8 Å². The summed E-state index contributed by atoms with van der Waals surface area (Å²) in [5, 5.41) is -0.556. The number of ether oxygens (including phenoxy) is 3. The first kappa shape index (κ1) is 19.9. The Labute approximate surface area is 131 Å². The van der Waals surface area contributed by atoms with Crippen LogP contribution in [0, 0.1) is 0 Å². The van der Waals surface area contributed by atoms with E-state index in [-0.39, 0.29) is 0 Å². The first-order valence-corrected chi connectivity index (χ1v) is 9.75. The molecule has 0 aromatic heterocycles. The summed E-state index contributed by atoms with van der Waals surface area (Å²) in [6, 6.07) is 0. The van der Waals surface area contributed by atoms with Gasteiger partial charge in [-0.1, -0.05) is 33.9 Å². The molecule has 0 saturated carbocycles. The Balaban J connectivity index is 2.99. The molecular formula is C13H19F5O4Si. The molecule has 4 nitrogen and oxygen atoms in total. The predicted molar refractivity (Wildman–Crippen MR) is 73.6 cm³/mol. The van der Waals surface area contributed by atoms with Crippen LogP contribution in [-0.2, 0) is 14.2 Å². The molecule has 10 heteroatoms. The SMILES string of the molecule is CC(C)(C)[Si](C)(C)C(F)=C(F)COC1(C(F)(F)F)COC(=O)O1. The van der Waals surface area contributed by atoms with Crippen molar-refractivity contribution in [1.82, 2.24) is 0 Å². The topological polar surface area (TPSA) is 44.8 Å². The minimum Gasteiger partial charge on any atom is -0.427 e. The number of halogens is 5. The molecule has 0 spiro atoms. The molecule has 1 aliphatic rings. The fourth-order valence-electron chi connectivity index (χ4n) is 1.55. The van der Waals surface area contributed by atoms with Gasteiger partial charge in [0, 0.05) is 0 Å². The Morgan fingerprint density at radius 1 is 1.26 bits per heavy atom. The van der Waals surface area contributed by atoms with E-state index >= 15 is 0 Å². The van der Waals surface area contributed by atoms with Crippen LogP contribution in [-0.4, -0.2) is 39.4 Å². The Bertz CT molecular complexity index is 509. The third kappa shape index (κ3) is 3.85. The molecular weight excluding hydrogens is 343 g/mol. The standard InChI is InChI=1S/C13H19F5O4Si/c1-11(2,3)23(4,5)9(15)8(14)6-21-12(13(16,17)18)7-20-10(19)22-12/h6-7H2,1-5H3. The highest BCUT2D eigenvalue weighted by Gasteiger charge is 2.65. The molecule has 1 unspecified atom stereocenters. The molecule has 134 valence electrons. The van der Waals surface area contributed by atoms with E-state index in [1.165, 1.54) is 0 Å². The fraction of sp³-hybridized carbons (Fsp3) is 0.769. The maximum absolute atomic E-state index is 14.3. The molecule has 1 atom stereocenters. The zero-order valence-electron chi connectivity index (χ0n) is 13.4. The minimum atomic E-state index is -5.15. The molecule has 1 fully saturated rings. The van der Waals surface area contributed by atoms with Crippen LogP contribution in [0.25, 0.3) is 0 Å². The Morgan fingerprint density at radius 2 is 1.78 bits per heavy atom. The van der Waals surface area contributed by atoms with E-state index < -0.39 is 55.7 Å². The number of carbonyl (C=O) groups is 1. The highest BCUT2D eigenvalue weighted by molar-refractivity contribution is 6.86. The van der Waals surface area contributed by atoms with Crippen LogP contribution in [0.2, 0.25) is 18.1 Å². The summed E-state index contributed by atoms with van der Waals surface area (Å²) < 4.78 is 79.6. The molecule has 1 rings (SSSR count). The van der Waals surface area contributed by atoms with E-state index in [0.717, 1.165) is 0 Å². The number of alkyl halides is 3. The molecule has 0 N–H and O–H groups in total. The number of hydrogen-bond acceptors (Lipinski definition) is 4. The van der Waals surface area contributed by atoms with Gasteiger partial charge < -0.3 is 14.2 Å². The largest absolute Gasteiger partial charge is 0.511 e. The summed E-state index contributed by atoms with van der Waals surface area (Å²) in [7, 11) is -2.89. The Kier molecular flexibility index (Phi) is 5.22. The van der Waals surface area contributed by atoms with Crippen LogP contribution in [0.3, 0.4) is 0 Å². The maximum atomic E-state index is 14.3. The number of hydrogen-bond donors (Lipinski definition) is 0. The van der Waals surface area contributed by atoms with Gasteiger partial charge in [-0.05, 0) is 5.04 Å². The number of rotatable bonds is 4. The fourth-order valence-corrected chi connectivity index (χ4v) is 2.96. The van der Waals surface area contributed by atoms with E-state index in [2.05, 4.69) is 14.2 Å². The molecule has 0 radical (unpaired) electrons. The van der Waals surface area contributed by atoms with Crippen LogP contribution in [0.4, 0.5) is 26.7 Å². The molecule has 23 heavy (non-hydrogen) atoms. The van der Waals surface area contributed by atoms with Crippen molar-refractivity contribution in [2.45, 2.75) is 50.9 Å². The number of carbonyl (C=O) groups excluding carboxylic acids is 1. The van der Waals surface area contributed by atoms with Gasteiger partial charge in [-0.15, -0.1) is 0 Å². The molecule has 0 bridgehead atoms. The van der Waals surface area contributed by atoms with Gasteiger partial charge in [-0.25, -0.2) is 13.6 Å². The van der Waals surface area contributed by atoms with Gasteiger partial charge in [0.15, 0.2) is 12.4 Å². The minimum absolute atomic E-state index is 0.556. The zero-order valence-corrected chi connectivity index (χ0v) is 14.4. The average molecular weight is 362 g/mol. The van der Waals surface area contributed by atoms with Gasteiger partial charge in [-0.3, -0.25) is 0 Å². The van der Waals surface area contributed by atoms with Gasteiger partial charge in [0.2, 0.25) is 0 Å². The molecule has 1 aliphatic heterocycles. The average Bonchev–Trinajstić information content (AvgIpc) is 2.76. The van der Waals surface area contributed by atoms with Gasteiger partial charge in [0.05, 0.1) is 0 Å². The molecule has 1 saturated heterocycles. The van der Waals surface area contributed by atoms with Crippen LogP contribution in [0.15, 0.2) is 11.3 Å². The summed E-state index contributed by atoms with van der Waals surface area (Å²) in [6.45, 7) is 5.68. The second-order valence-corrected chi connectivity index (χ2v) is 12.0. The van der Waals surface area contributed by atoms with Crippen molar-refractivity contribution in [2.75, 3.05) is 13.2 Å². The smallest absolute Gasteiger partial charge is 0.427 e. The zero-order chi connectivity index (χ0) is 18.3. The lowest BCUT2D eigenvalue weighted by Crippen LogP contribution is -2.50. The monoisotopic (exact) mass is 362 g/mol. The van der Waals surface area contributed by atoms with E-state index in [9.17, 15) is 26.7 Å². The van der Waals surface area contributed by atoms with Gasteiger partial charge >= 0.3 is 18.1 Å². The van der Waals surface area contributed by atoms with E-state index in [4.69, 9.17) is 0 Å². The van der Waals surface area contributed by atoms with Crippen LogP contribution < -0.4 is 0 Å². The summed E-state index contributed by atoms with van der Waals surface area (Å²) in [6.07, 6.45) is -6.73. The quantitative estimate of drug-likeness (QED) is 0.416. The molecule has 0 aliphatic carbocycles. The third-order valence-corrected chi connectivity index (χ3v) is 9.27. The number of cyclic esters (lactones) is 2. The summed E-state index contributed by atoms with van der Waals surface area (Å²) in [5.74, 6) is -4.86. The van der Waals surface area contributed by atoms with Gasteiger partial charge in [0.25, 0.3) is 0 Å². The van der Waals surface area contributed by atoms with Gasteiger partial charge in [0.1, 0.15) is 20.1 Å². The molecule has 0 aromatic rings. The second kappa shape index (κ2) is 6.04. The van der Waals surface area contributed by atoms with Crippen LogP contribution >= 0.6 is 0 Å². The van der Waals surface area contributed by atoms with Gasteiger partial charge in [-0.2, -0.15) is 13.2 Å². The Morgan fingerprint density at radius 3 is 2.13 bits per heavy atom. The van der Waals surface area contributed by atoms with Crippen molar-refractivity contribution in [1.29, 1.82) is 0 Å². The highest BCUT2D eigenvalue weighted by Crippen LogP contribution is 2.43. The molecule has 0 aromatic carbocycles. The lowest BCUT2D eigenvalue weighted by Gasteiger charge is -2.35. The predicted octanol–water partition coefficient (Wildman–Crippen LogP) is 4.63. The van der Waals surface area contributed by atoms with Crippen molar-refractivity contribution in [3.63, 3.8) is 0 Å². The molecule has 0 amide bonds. The first-order chi connectivity index (χ1) is 10.1. The Hall–Kier alpha value is -1.16. The summed E-state index contributed by atoms with van der Waals surface area (Å²) in [4.78, 5) is 10.8. The van der Waals surface area contributed by atoms with E-state index in [1.54, 1.807) is 33.9 Å². The molecule has 1 heterocycles. The lowest BCUT2D eigenvalue weighted by molar-refractivity contribution is -0.348. The highest BCUT2D eigenvalue weighted by atomic mass is 28.3. The summed E-state index contributed by atoms with van der Waals surface area (Å²) >= 11 is 0. The lowest BCUT2D eigenvalue weighted by atomic mass is 10.2. The van der Waals surface area contributed by atoms with E-state index in [1.807, 2.05) is 0 Å². The van der Waals surface area contributed by atoms with E-state index in [0.29, 0.717) is 0 Å². The maximum Gasteiger partial charge on any atom is 0.511 e.